The zero-order chi connectivity index (χ0) is 15.1. The quantitative estimate of drug-likeness (QED) is 0.811. The first-order chi connectivity index (χ1) is 9.43. The average molecular weight is 277 g/mol. The van der Waals surface area contributed by atoms with E-state index in [0.29, 0.717) is 13.0 Å². The number of aliphatic hydroxyl groups excluding tert-OH is 1. The van der Waals surface area contributed by atoms with Crippen molar-refractivity contribution in [3.63, 3.8) is 0 Å². The summed E-state index contributed by atoms with van der Waals surface area (Å²) in [6.45, 7) is 4.24. The van der Waals surface area contributed by atoms with E-state index in [9.17, 15) is 9.90 Å². The van der Waals surface area contributed by atoms with Crippen LogP contribution in [0, 0.1) is 6.92 Å². The molecule has 0 radical (unpaired) electrons. The van der Waals surface area contributed by atoms with Gasteiger partial charge >= 0.3 is 0 Å². The van der Waals surface area contributed by atoms with E-state index in [1.807, 2.05) is 25.1 Å². The van der Waals surface area contributed by atoms with Gasteiger partial charge in [-0.2, -0.15) is 0 Å². The lowest BCUT2D eigenvalue weighted by Gasteiger charge is -2.16. The fourth-order valence-electron chi connectivity index (χ4n) is 1.76. The predicted octanol–water partition coefficient (Wildman–Crippen LogP) is 2.25. The average Bonchev–Trinajstić information content (AvgIpc) is 2.42. The van der Waals surface area contributed by atoms with E-state index < -0.39 is 6.10 Å². The molecule has 0 aromatic heterocycles. The molecule has 0 aliphatic carbocycles. The smallest absolute Gasteiger partial charge is 0.246 e. The van der Waals surface area contributed by atoms with Gasteiger partial charge in [0, 0.05) is 25.2 Å². The van der Waals surface area contributed by atoms with Crippen LogP contribution in [0.25, 0.3) is 6.08 Å². The van der Waals surface area contributed by atoms with Gasteiger partial charge in [0.25, 0.3) is 0 Å². The zero-order valence-electron chi connectivity index (χ0n) is 12.6. The largest absolute Gasteiger partial charge is 0.496 e. The number of aliphatic hydroxyl groups is 1. The number of likely N-dealkylation sites (N-methyl/N-ethyl adjacent to an activating group) is 1. The summed E-state index contributed by atoms with van der Waals surface area (Å²) < 4.78 is 5.26. The highest BCUT2D eigenvalue weighted by Gasteiger charge is 2.07. The molecule has 0 aliphatic rings. The molecule has 0 saturated carbocycles. The molecule has 1 N–H and O–H groups in total. The van der Waals surface area contributed by atoms with Gasteiger partial charge in [0.05, 0.1) is 13.2 Å². The lowest BCUT2D eigenvalue weighted by Crippen LogP contribution is -2.27. The SMILES string of the molecule is COc1ccc(C)cc1/C=C/C(=O)N(C)CCC(C)O. The van der Waals surface area contributed by atoms with E-state index in [-0.39, 0.29) is 5.91 Å². The first-order valence-corrected chi connectivity index (χ1v) is 6.70. The Bertz CT molecular complexity index is 481. The second kappa shape index (κ2) is 7.70. The molecule has 0 heterocycles. The lowest BCUT2D eigenvalue weighted by atomic mass is 10.1. The lowest BCUT2D eigenvalue weighted by molar-refractivity contribution is -0.124. The molecule has 1 aromatic rings. The zero-order valence-corrected chi connectivity index (χ0v) is 12.6. The number of carbonyl (C=O) groups excluding carboxylic acids is 1. The molecule has 1 unspecified atom stereocenters. The number of methoxy groups -OCH3 is 1. The third-order valence-corrected chi connectivity index (χ3v) is 3.05. The van der Waals surface area contributed by atoms with Gasteiger partial charge in [-0.15, -0.1) is 0 Å². The van der Waals surface area contributed by atoms with Crippen LogP contribution in [-0.4, -0.2) is 42.7 Å². The molecular weight excluding hydrogens is 254 g/mol. The molecule has 0 fully saturated rings. The minimum absolute atomic E-state index is 0.0887. The van der Waals surface area contributed by atoms with Gasteiger partial charge in [-0.3, -0.25) is 4.79 Å². The van der Waals surface area contributed by atoms with E-state index in [0.717, 1.165) is 16.9 Å². The molecule has 0 bridgehead atoms. The van der Waals surface area contributed by atoms with Gasteiger partial charge in [-0.05, 0) is 38.5 Å². The van der Waals surface area contributed by atoms with E-state index in [2.05, 4.69) is 0 Å². The molecule has 1 rings (SSSR count). The number of nitrogens with zero attached hydrogens (tertiary/aromatic N) is 1. The Kier molecular flexibility index (Phi) is 6.25. The molecule has 110 valence electrons. The molecule has 1 aromatic carbocycles. The number of rotatable bonds is 6. The highest BCUT2D eigenvalue weighted by molar-refractivity contribution is 5.92. The number of aryl methyl sites for hydroxylation is 1. The molecule has 0 spiro atoms. The molecule has 1 atom stereocenters. The number of hydrogen-bond acceptors (Lipinski definition) is 3. The number of ether oxygens (including phenoxy) is 1. The normalized spacial score (nSPS) is 12.4. The first kappa shape index (κ1) is 16.2. The van der Waals surface area contributed by atoms with Crippen molar-refractivity contribution >= 4 is 12.0 Å². The summed E-state index contributed by atoms with van der Waals surface area (Å²) >= 11 is 0. The van der Waals surface area contributed by atoms with E-state index in [1.54, 1.807) is 32.1 Å². The van der Waals surface area contributed by atoms with Crippen molar-refractivity contribution in [3.05, 3.63) is 35.4 Å². The maximum absolute atomic E-state index is 11.9. The summed E-state index contributed by atoms with van der Waals surface area (Å²) in [7, 11) is 3.33. The van der Waals surface area contributed by atoms with Crippen molar-refractivity contribution in [3.8, 4) is 5.75 Å². The van der Waals surface area contributed by atoms with Crippen LogP contribution >= 0.6 is 0 Å². The van der Waals surface area contributed by atoms with Crippen molar-refractivity contribution in [1.82, 2.24) is 4.90 Å². The number of carbonyl (C=O) groups is 1. The van der Waals surface area contributed by atoms with Crippen molar-refractivity contribution in [1.29, 1.82) is 0 Å². The number of hydrogen-bond donors (Lipinski definition) is 1. The summed E-state index contributed by atoms with van der Waals surface area (Å²) in [4.78, 5) is 13.5. The van der Waals surface area contributed by atoms with Gasteiger partial charge in [0.15, 0.2) is 0 Å². The molecule has 20 heavy (non-hydrogen) atoms. The molecule has 0 saturated heterocycles. The van der Waals surface area contributed by atoms with Crippen LogP contribution in [0.5, 0.6) is 5.75 Å². The summed E-state index contributed by atoms with van der Waals surface area (Å²) in [6, 6.07) is 5.82. The second-order valence-corrected chi connectivity index (χ2v) is 4.98. The van der Waals surface area contributed by atoms with Crippen LogP contribution in [0.15, 0.2) is 24.3 Å². The molecule has 4 nitrogen and oxygen atoms in total. The summed E-state index contributed by atoms with van der Waals surface area (Å²) in [5.74, 6) is 0.653. The van der Waals surface area contributed by atoms with E-state index >= 15 is 0 Å². The van der Waals surface area contributed by atoms with Gasteiger partial charge in [0.1, 0.15) is 5.75 Å². The van der Waals surface area contributed by atoms with E-state index in [4.69, 9.17) is 4.74 Å². The fraction of sp³-hybridized carbons (Fsp3) is 0.438. The third-order valence-electron chi connectivity index (χ3n) is 3.05. The van der Waals surface area contributed by atoms with Crippen molar-refractivity contribution in [2.24, 2.45) is 0 Å². The van der Waals surface area contributed by atoms with E-state index in [1.165, 1.54) is 6.08 Å². The minimum Gasteiger partial charge on any atom is -0.496 e. The van der Waals surface area contributed by atoms with Gasteiger partial charge in [-0.1, -0.05) is 11.6 Å². The van der Waals surface area contributed by atoms with Crippen LogP contribution in [0.3, 0.4) is 0 Å². The van der Waals surface area contributed by atoms with Crippen molar-refractivity contribution in [2.75, 3.05) is 20.7 Å². The Hall–Kier alpha value is -1.81. The fourth-order valence-corrected chi connectivity index (χ4v) is 1.76. The van der Waals surface area contributed by atoms with Crippen molar-refractivity contribution in [2.45, 2.75) is 26.4 Å². The first-order valence-electron chi connectivity index (χ1n) is 6.70. The minimum atomic E-state index is -0.397. The Morgan fingerprint density at radius 3 is 2.80 bits per heavy atom. The molecular formula is C16H23NO3. The standard InChI is InChI=1S/C16H23NO3/c1-12-5-7-15(20-4)14(11-12)6-8-16(19)17(3)10-9-13(2)18/h5-8,11,13,18H,9-10H2,1-4H3/b8-6+. The van der Waals surface area contributed by atoms with Crippen LogP contribution in [0.4, 0.5) is 0 Å². The topological polar surface area (TPSA) is 49.8 Å². The van der Waals surface area contributed by atoms with Crippen LogP contribution < -0.4 is 4.74 Å². The maximum Gasteiger partial charge on any atom is 0.246 e. The van der Waals surface area contributed by atoms with Gasteiger partial charge in [-0.25, -0.2) is 0 Å². The Morgan fingerprint density at radius 1 is 1.50 bits per heavy atom. The van der Waals surface area contributed by atoms with Gasteiger partial charge in [0.2, 0.25) is 5.91 Å². The Labute approximate surface area is 120 Å². The highest BCUT2D eigenvalue weighted by atomic mass is 16.5. The summed E-state index contributed by atoms with van der Waals surface area (Å²) in [5.41, 5.74) is 1.99. The molecule has 0 aliphatic heterocycles. The molecule has 4 heteroatoms. The summed E-state index contributed by atoms with van der Waals surface area (Å²) in [6.07, 6.45) is 3.46. The monoisotopic (exact) mass is 277 g/mol. The number of amides is 1. The maximum atomic E-state index is 11.9. The highest BCUT2D eigenvalue weighted by Crippen LogP contribution is 2.21. The van der Waals surface area contributed by atoms with Crippen LogP contribution in [0.1, 0.15) is 24.5 Å². The van der Waals surface area contributed by atoms with Gasteiger partial charge < -0.3 is 14.7 Å². The summed E-state index contributed by atoms with van der Waals surface area (Å²) in [5, 5.41) is 9.22. The molecule has 1 amide bonds. The third kappa shape index (κ3) is 5.05. The Balaban J connectivity index is 2.72. The second-order valence-electron chi connectivity index (χ2n) is 4.98. The number of benzene rings is 1. The van der Waals surface area contributed by atoms with Crippen molar-refractivity contribution < 1.29 is 14.6 Å². The van der Waals surface area contributed by atoms with Crippen LogP contribution in [0.2, 0.25) is 0 Å². The predicted molar refractivity (Wildman–Crippen MR) is 80.7 cm³/mol. The Morgan fingerprint density at radius 2 is 2.20 bits per heavy atom. The van der Waals surface area contributed by atoms with Crippen LogP contribution in [-0.2, 0) is 4.79 Å².